The molecule has 0 spiro atoms. The second-order valence-corrected chi connectivity index (χ2v) is 6.43. The summed E-state index contributed by atoms with van der Waals surface area (Å²) in [4.78, 5) is 4.34. The molecule has 0 atom stereocenters. The molecule has 2 N–H and O–H groups in total. The summed E-state index contributed by atoms with van der Waals surface area (Å²) in [6.07, 6.45) is 0. The summed E-state index contributed by atoms with van der Waals surface area (Å²) >= 11 is 20.6. The van der Waals surface area contributed by atoms with Gasteiger partial charge in [0.1, 0.15) is 0 Å². The Morgan fingerprint density at radius 1 is 1.29 bits per heavy atom. The smallest absolute Gasteiger partial charge is 0.172 e. The van der Waals surface area contributed by atoms with Crippen LogP contribution < -0.4 is 10.6 Å². The Labute approximate surface area is 147 Å². The average Bonchev–Trinajstić information content (AvgIpc) is 2.44. The highest BCUT2D eigenvalue weighted by Crippen LogP contribution is 2.25. The number of hydrogen-bond acceptors (Lipinski definition) is 2. The van der Waals surface area contributed by atoms with Gasteiger partial charge in [0.25, 0.3) is 0 Å². The monoisotopic (exact) mass is 403 g/mol. The van der Waals surface area contributed by atoms with E-state index in [1.807, 2.05) is 31.2 Å². The number of thiocarbonyl (C=S) groups is 1. The van der Waals surface area contributed by atoms with E-state index in [4.69, 9.17) is 35.4 Å². The molecule has 0 aliphatic carbocycles. The highest BCUT2D eigenvalue weighted by atomic mass is 79.9. The molecule has 1 aromatic carbocycles. The molecule has 0 bridgehead atoms. The predicted molar refractivity (Wildman–Crippen MR) is 96.2 cm³/mol. The van der Waals surface area contributed by atoms with Crippen LogP contribution in [0.5, 0.6) is 0 Å². The van der Waals surface area contributed by atoms with E-state index in [2.05, 4.69) is 31.5 Å². The molecule has 0 radical (unpaired) electrons. The number of pyridine rings is 1. The number of aromatic nitrogens is 1. The van der Waals surface area contributed by atoms with Crippen molar-refractivity contribution in [2.24, 2.45) is 0 Å². The molecule has 2 aromatic rings. The minimum atomic E-state index is 0.459. The first-order valence-electron chi connectivity index (χ1n) is 6.07. The van der Waals surface area contributed by atoms with Crippen LogP contribution in [0.3, 0.4) is 0 Å². The Bertz CT molecular complexity index is 662. The van der Waals surface area contributed by atoms with E-state index >= 15 is 0 Å². The standard InChI is InChI=1S/C14H12BrCl2N3S/c1-8-11(15)6-12(17)13(19-8)20-14(21)18-7-9-2-4-10(16)5-3-9/h2-6H,7H2,1H3,(H2,18,19,20,21). The first-order valence-corrected chi connectivity index (χ1v) is 8.03. The minimum absolute atomic E-state index is 0.459. The molecule has 0 saturated heterocycles. The molecular weight excluding hydrogens is 393 g/mol. The Hall–Kier alpha value is -0.880. The van der Waals surface area contributed by atoms with Gasteiger partial charge in [-0.05, 0) is 58.8 Å². The number of anilines is 1. The number of nitrogens with zero attached hydrogens (tertiary/aromatic N) is 1. The number of nitrogens with one attached hydrogen (secondary N) is 2. The van der Waals surface area contributed by atoms with Gasteiger partial charge in [0.05, 0.1) is 10.7 Å². The summed E-state index contributed by atoms with van der Waals surface area (Å²) in [7, 11) is 0. The van der Waals surface area contributed by atoms with Crippen LogP contribution >= 0.6 is 51.3 Å². The van der Waals surface area contributed by atoms with Gasteiger partial charge in [0, 0.05) is 16.0 Å². The first kappa shape index (κ1) is 16.5. The molecule has 0 aliphatic heterocycles. The fourth-order valence-corrected chi connectivity index (χ4v) is 2.53. The van der Waals surface area contributed by atoms with Crippen LogP contribution in [0.1, 0.15) is 11.3 Å². The lowest BCUT2D eigenvalue weighted by Crippen LogP contribution is -2.28. The van der Waals surface area contributed by atoms with Crippen molar-refractivity contribution in [3.8, 4) is 0 Å². The molecule has 1 heterocycles. The highest BCUT2D eigenvalue weighted by molar-refractivity contribution is 9.10. The maximum absolute atomic E-state index is 6.12. The third kappa shape index (κ3) is 4.81. The van der Waals surface area contributed by atoms with Gasteiger partial charge in [0.2, 0.25) is 0 Å². The number of benzene rings is 1. The molecule has 0 saturated carbocycles. The molecule has 3 nitrogen and oxygen atoms in total. The van der Waals surface area contributed by atoms with Crippen molar-refractivity contribution in [2.45, 2.75) is 13.5 Å². The van der Waals surface area contributed by atoms with Crippen LogP contribution in [0.2, 0.25) is 10.0 Å². The van der Waals surface area contributed by atoms with E-state index in [0.29, 0.717) is 27.5 Å². The first-order chi connectivity index (χ1) is 9.95. The van der Waals surface area contributed by atoms with Gasteiger partial charge in [-0.15, -0.1) is 0 Å². The van der Waals surface area contributed by atoms with Crippen LogP contribution in [-0.2, 0) is 6.54 Å². The fourth-order valence-electron chi connectivity index (χ4n) is 1.58. The summed E-state index contributed by atoms with van der Waals surface area (Å²) in [5, 5.41) is 7.76. The molecule has 21 heavy (non-hydrogen) atoms. The van der Waals surface area contributed by atoms with Crippen LogP contribution in [0.25, 0.3) is 0 Å². The van der Waals surface area contributed by atoms with Gasteiger partial charge in [-0.1, -0.05) is 35.3 Å². The van der Waals surface area contributed by atoms with E-state index in [1.54, 1.807) is 6.07 Å². The third-order valence-electron chi connectivity index (χ3n) is 2.70. The quantitative estimate of drug-likeness (QED) is 0.710. The number of halogens is 3. The molecule has 1 aromatic heterocycles. The molecule has 110 valence electrons. The second kappa shape index (κ2) is 7.40. The van der Waals surface area contributed by atoms with Crippen LogP contribution in [0.4, 0.5) is 5.82 Å². The van der Waals surface area contributed by atoms with E-state index in [1.165, 1.54) is 0 Å². The number of hydrogen-bond donors (Lipinski definition) is 2. The maximum Gasteiger partial charge on any atom is 0.172 e. The summed E-state index contributed by atoms with van der Waals surface area (Å²) < 4.78 is 0.859. The second-order valence-electron chi connectivity index (χ2n) is 4.32. The largest absolute Gasteiger partial charge is 0.358 e. The van der Waals surface area contributed by atoms with Crippen LogP contribution in [-0.4, -0.2) is 10.1 Å². The van der Waals surface area contributed by atoms with Crippen molar-refractivity contribution >= 4 is 62.3 Å². The van der Waals surface area contributed by atoms with Crippen molar-refractivity contribution in [2.75, 3.05) is 5.32 Å². The lowest BCUT2D eigenvalue weighted by Gasteiger charge is -2.12. The van der Waals surface area contributed by atoms with Crippen molar-refractivity contribution in [3.05, 3.63) is 56.1 Å². The van der Waals surface area contributed by atoms with Gasteiger partial charge >= 0.3 is 0 Å². The lowest BCUT2D eigenvalue weighted by molar-refractivity contribution is 0.924. The van der Waals surface area contributed by atoms with Gasteiger partial charge < -0.3 is 10.6 Å². The zero-order valence-corrected chi connectivity index (χ0v) is 15.0. The molecule has 0 aliphatic rings. The third-order valence-corrected chi connectivity index (χ3v) is 4.29. The Morgan fingerprint density at radius 2 is 1.95 bits per heavy atom. The Kier molecular flexibility index (Phi) is 5.81. The van der Waals surface area contributed by atoms with E-state index in [-0.39, 0.29) is 0 Å². The number of aryl methyl sites for hydroxylation is 1. The zero-order valence-electron chi connectivity index (χ0n) is 11.1. The Balaban J connectivity index is 1.96. The normalized spacial score (nSPS) is 10.3. The molecule has 0 fully saturated rings. The summed E-state index contributed by atoms with van der Waals surface area (Å²) in [6, 6.07) is 9.34. The molecule has 0 amide bonds. The SMILES string of the molecule is Cc1nc(NC(=S)NCc2ccc(Cl)cc2)c(Cl)cc1Br. The van der Waals surface area contributed by atoms with Crippen molar-refractivity contribution in [1.82, 2.24) is 10.3 Å². The fraction of sp³-hybridized carbons (Fsp3) is 0.143. The zero-order chi connectivity index (χ0) is 15.4. The maximum atomic E-state index is 6.12. The van der Waals surface area contributed by atoms with Crippen molar-refractivity contribution in [3.63, 3.8) is 0 Å². The van der Waals surface area contributed by atoms with E-state index in [0.717, 1.165) is 15.7 Å². The number of rotatable bonds is 3. The predicted octanol–water partition coefficient (Wildman–Crippen LogP) is 4.95. The lowest BCUT2D eigenvalue weighted by atomic mass is 10.2. The van der Waals surface area contributed by atoms with Crippen LogP contribution in [0, 0.1) is 6.92 Å². The minimum Gasteiger partial charge on any atom is -0.358 e. The molecule has 2 rings (SSSR count). The van der Waals surface area contributed by atoms with Crippen LogP contribution in [0.15, 0.2) is 34.8 Å². The highest BCUT2D eigenvalue weighted by Gasteiger charge is 2.07. The summed E-state index contributed by atoms with van der Waals surface area (Å²) in [6.45, 7) is 2.48. The van der Waals surface area contributed by atoms with Crippen molar-refractivity contribution in [1.29, 1.82) is 0 Å². The van der Waals surface area contributed by atoms with E-state index in [9.17, 15) is 0 Å². The molecule has 0 unspecified atom stereocenters. The average molecular weight is 405 g/mol. The van der Waals surface area contributed by atoms with Gasteiger partial charge in [-0.2, -0.15) is 0 Å². The molecule has 7 heteroatoms. The van der Waals surface area contributed by atoms with Crippen molar-refractivity contribution < 1.29 is 0 Å². The van der Waals surface area contributed by atoms with E-state index < -0.39 is 0 Å². The molecular formula is C14H12BrCl2N3S. The Morgan fingerprint density at radius 3 is 2.62 bits per heavy atom. The van der Waals surface area contributed by atoms with Gasteiger partial charge in [-0.3, -0.25) is 0 Å². The summed E-state index contributed by atoms with van der Waals surface area (Å²) in [5.41, 5.74) is 1.91. The van der Waals surface area contributed by atoms with Gasteiger partial charge in [-0.25, -0.2) is 4.98 Å². The van der Waals surface area contributed by atoms with Gasteiger partial charge in [0.15, 0.2) is 10.9 Å². The topological polar surface area (TPSA) is 37.0 Å². The summed E-state index contributed by atoms with van der Waals surface area (Å²) in [5.74, 6) is 0.533.